The monoisotopic (exact) mass is 280 g/mol. The molecule has 4 heteroatoms. The van der Waals surface area contributed by atoms with Crippen LogP contribution in [0.4, 0.5) is 4.39 Å². The van der Waals surface area contributed by atoms with Gasteiger partial charge < -0.3 is 9.47 Å². The van der Waals surface area contributed by atoms with Gasteiger partial charge in [0.2, 0.25) is 0 Å². The highest BCUT2D eigenvalue weighted by atomic mass is 19.1. The number of esters is 1. The predicted molar refractivity (Wildman–Crippen MR) is 73.8 cm³/mol. The molecule has 0 N–H and O–H groups in total. The molecule has 0 aromatic heterocycles. The van der Waals surface area contributed by atoms with Gasteiger partial charge in [0, 0.05) is 0 Å². The van der Waals surface area contributed by atoms with Crippen molar-refractivity contribution < 1.29 is 18.7 Å². The van der Waals surface area contributed by atoms with Crippen molar-refractivity contribution in [2.45, 2.75) is 38.7 Å². The molecular formula is C16H21FO3. The molecule has 0 amide bonds. The minimum Gasteiger partial charge on any atom is -0.464 e. The molecule has 0 saturated carbocycles. The topological polar surface area (TPSA) is 38.8 Å². The molecule has 1 aliphatic rings. The van der Waals surface area contributed by atoms with E-state index in [1.807, 2.05) is 0 Å². The summed E-state index contributed by atoms with van der Waals surface area (Å²) in [6, 6.07) is 6.53. The summed E-state index contributed by atoms with van der Waals surface area (Å²) >= 11 is 0. The van der Waals surface area contributed by atoms with Crippen LogP contribution in [0.1, 0.15) is 32.3 Å². The quantitative estimate of drug-likeness (QED) is 0.569. The van der Waals surface area contributed by atoms with E-state index in [-0.39, 0.29) is 11.8 Å². The minimum absolute atomic E-state index is 0.227. The van der Waals surface area contributed by atoms with Gasteiger partial charge in [0.05, 0.1) is 13.2 Å². The molecule has 0 radical (unpaired) electrons. The lowest BCUT2D eigenvalue weighted by molar-refractivity contribution is -0.150. The lowest BCUT2D eigenvalue weighted by Gasteiger charge is -2.19. The molecule has 2 unspecified atom stereocenters. The first-order valence-corrected chi connectivity index (χ1v) is 7.15. The molecule has 0 bridgehead atoms. The SMILES string of the molecule is CCOC(=O)C1(CC(CC)Cc2ccc(F)cc2)CO1. The zero-order valence-electron chi connectivity index (χ0n) is 12.0. The van der Waals surface area contributed by atoms with Gasteiger partial charge in [-0.1, -0.05) is 25.5 Å². The maximum atomic E-state index is 12.9. The molecule has 0 aliphatic carbocycles. The summed E-state index contributed by atoms with van der Waals surface area (Å²) in [6.45, 7) is 4.71. The largest absolute Gasteiger partial charge is 0.464 e. The van der Waals surface area contributed by atoms with Crippen LogP contribution >= 0.6 is 0 Å². The van der Waals surface area contributed by atoms with Crippen molar-refractivity contribution in [2.24, 2.45) is 5.92 Å². The van der Waals surface area contributed by atoms with Crippen LogP contribution in [-0.2, 0) is 20.7 Å². The molecule has 20 heavy (non-hydrogen) atoms. The lowest BCUT2D eigenvalue weighted by Crippen LogP contribution is -2.30. The number of carbonyl (C=O) groups is 1. The van der Waals surface area contributed by atoms with Gasteiger partial charge >= 0.3 is 5.97 Å². The first kappa shape index (κ1) is 15.0. The summed E-state index contributed by atoms with van der Waals surface area (Å²) in [5.74, 6) is -0.153. The van der Waals surface area contributed by atoms with E-state index >= 15 is 0 Å². The molecular weight excluding hydrogens is 259 g/mol. The van der Waals surface area contributed by atoms with E-state index in [1.54, 1.807) is 19.1 Å². The van der Waals surface area contributed by atoms with Crippen molar-refractivity contribution in [1.82, 2.24) is 0 Å². The smallest absolute Gasteiger partial charge is 0.340 e. The van der Waals surface area contributed by atoms with Crippen molar-refractivity contribution in [3.8, 4) is 0 Å². The number of ether oxygens (including phenoxy) is 2. The van der Waals surface area contributed by atoms with Crippen LogP contribution in [-0.4, -0.2) is 24.8 Å². The normalized spacial score (nSPS) is 22.4. The minimum atomic E-state index is -0.725. The molecule has 1 saturated heterocycles. The first-order valence-electron chi connectivity index (χ1n) is 7.15. The second-order valence-electron chi connectivity index (χ2n) is 5.31. The van der Waals surface area contributed by atoms with Crippen molar-refractivity contribution >= 4 is 5.97 Å². The number of epoxide rings is 1. The fraction of sp³-hybridized carbons (Fsp3) is 0.562. The number of carbonyl (C=O) groups excluding carboxylic acids is 1. The van der Waals surface area contributed by atoms with E-state index in [4.69, 9.17) is 9.47 Å². The number of hydrogen-bond acceptors (Lipinski definition) is 3. The third-order valence-electron chi connectivity index (χ3n) is 3.77. The van der Waals surface area contributed by atoms with E-state index in [2.05, 4.69) is 6.92 Å². The van der Waals surface area contributed by atoms with Crippen LogP contribution in [0.25, 0.3) is 0 Å². The van der Waals surface area contributed by atoms with Crippen molar-refractivity contribution in [1.29, 1.82) is 0 Å². The molecule has 0 spiro atoms. The van der Waals surface area contributed by atoms with Crippen molar-refractivity contribution in [3.63, 3.8) is 0 Å². The van der Waals surface area contributed by atoms with Crippen LogP contribution in [0.15, 0.2) is 24.3 Å². The van der Waals surface area contributed by atoms with Gasteiger partial charge in [0.25, 0.3) is 0 Å². The van der Waals surface area contributed by atoms with Gasteiger partial charge in [-0.3, -0.25) is 0 Å². The summed E-state index contributed by atoms with van der Waals surface area (Å²) in [7, 11) is 0. The highest BCUT2D eigenvalue weighted by Crippen LogP contribution is 2.37. The number of hydrogen-bond donors (Lipinski definition) is 0. The second kappa shape index (κ2) is 6.35. The third kappa shape index (κ3) is 3.57. The molecule has 3 nitrogen and oxygen atoms in total. The molecule has 1 aliphatic heterocycles. The molecule has 2 rings (SSSR count). The van der Waals surface area contributed by atoms with Crippen LogP contribution in [0, 0.1) is 11.7 Å². The molecule has 1 fully saturated rings. The van der Waals surface area contributed by atoms with E-state index in [1.165, 1.54) is 12.1 Å². The Hall–Kier alpha value is -1.42. The van der Waals surface area contributed by atoms with Gasteiger partial charge in [-0.25, -0.2) is 9.18 Å². The lowest BCUT2D eigenvalue weighted by atomic mass is 9.87. The molecule has 1 heterocycles. The summed E-state index contributed by atoms with van der Waals surface area (Å²) in [5.41, 5.74) is 0.356. The van der Waals surface area contributed by atoms with Crippen LogP contribution in [0.3, 0.4) is 0 Å². The maximum absolute atomic E-state index is 12.9. The summed E-state index contributed by atoms with van der Waals surface area (Å²) < 4.78 is 23.3. The Labute approximate surface area is 119 Å². The van der Waals surface area contributed by atoms with E-state index in [9.17, 15) is 9.18 Å². The average molecular weight is 280 g/mol. The van der Waals surface area contributed by atoms with Gasteiger partial charge in [0.1, 0.15) is 5.82 Å². The van der Waals surface area contributed by atoms with Crippen LogP contribution < -0.4 is 0 Å². The third-order valence-corrected chi connectivity index (χ3v) is 3.77. The van der Waals surface area contributed by atoms with Gasteiger partial charge in [-0.15, -0.1) is 0 Å². The zero-order valence-corrected chi connectivity index (χ0v) is 12.0. The van der Waals surface area contributed by atoms with Gasteiger partial charge in [-0.2, -0.15) is 0 Å². The zero-order chi connectivity index (χ0) is 14.6. The molecule has 1 aromatic rings. The Morgan fingerprint density at radius 1 is 1.40 bits per heavy atom. The van der Waals surface area contributed by atoms with E-state index < -0.39 is 5.60 Å². The average Bonchev–Trinajstić information content (AvgIpc) is 3.22. The highest BCUT2D eigenvalue weighted by Gasteiger charge is 2.54. The fourth-order valence-electron chi connectivity index (χ4n) is 2.45. The van der Waals surface area contributed by atoms with Crippen molar-refractivity contribution in [2.75, 3.05) is 13.2 Å². The Bertz CT molecular complexity index is 451. The Morgan fingerprint density at radius 2 is 2.05 bits per heavy atom. The number of benzene rings is 1. The maximum Gasteiger partial charge on any atom is 0.340 e. The van der Waals surface area contributed by atoms with E-state index in [0.717, 1.165) is 18.4 Å². The van der Waals surface area contributed by atoms with E-state index in [0.29, 0.717) is 25.6 Å². The fourth-order valence-corrected chi connectivity index (χ4v) is 2.45. The predicted octanol–water partition coefficient (Wildman–Crippen LogP) is 3.12. The standard InChI is InChI=1S/C16H21FO3/c1-3-12(9-13-5-7-14(17)8-6-13)10-16(11-20-16)15(18)19-4-2/h5-8,12H,3-4,9-11H2,1-2H3. The Kier molecular flexibility index (Phi) is 4.76. The van der Waals surface area contributed by atoms with Crippen LogP contribution in [0.2, 0.25) is 0 Å². The molecule has 2 atom stereocenters. The summed E-state index contributed by atoms with van der Waals surface area (Å²) in [6.07, 6.45) is 2.43. The van der Waals surface area contributed by atoms with Gasteiger partial charge in [-0.05, 0) is 43.4 Å². The molecule has 110 valence electrons. The Morgan fingerprint density at radius 3 is 2.55 bits per heavy atom. The van der Waals surface area contributed by atoms with Gasteiger partial charge in [0.15, 0.2) is 5.60 Å². The first-order chi connectivity index (χ1) is 9.59. The van der Waals surface area contributed by atoms with Crippen LogP contribution in [0.5, 0.6) is 0 Å². The highest BCUT2D eigenvalue weighted by molar-refractivity contribution is 5.82. The van der Waals surface area contributed by atoms with Crippen molar-refractivity contribution in [3.05, 3.63) is 35.6 Å². The number of rotatable bonds is 7. The summed E-state index contributed by atoms with van der Waals surface area (Å²) in [4.78, 5) is 11.9. The second-order valence-corrected chi connectivity index (χ2v) is 5.31. The molecule has 1 aromatic carbocycles. The Balaban J connectivity index is 1.95. The summed E-state index contributed by atoms with van der Waals surface area (Å²) in [5, 5.41) is 0. The number of halogens is 1.